The fourth-order valence-corrected chi connectivity index (χ4v) is 2.77. The first-order valence-electron chi connectivity index (χ1n) is 8.55. The molecule has 1 aromatic heterocycles. The number of carbonyl (C=O) groups excluding carboxylic acids is 1. The van der Waals surface area contributed by atoms with Crippen molar-refractivity contribution in [2.75, 3.05) is 6.61 Å². The molecule has 0 spiro atoms. The minimum Gasteiger partial charge on any atom is -0.463 e. The van der Waals surface area contributed by atoms with Crippen LogP contribution in [0.2, 0.25) is 0 Å². The SMILES string of the molecule is CCOC(=O)/C=C/c1nn(Cc2ccc(F)cc2F)c2cc(C(F)(F)F)ccc12. The zero-order chi connectivity index (χ0) is 21.2. The normalized spacial score (nSPS) is 12.1. The maximum Gasteiger partial charge on any atom is 0.416 e. The summed E-state index contributed by atoms with van der Waals surface area (Å²) < 4.78 is 72.5. The van der Waals surface area contributed by atoms with Crippen LogP contribution >= 0.6 is 0 Å². The first-order chi connectivity index (χ1) is 13.7. The molecule has 0 aliphatic carbocycles. The Morgan fingerprint density at radius 2 is 1.93 bits per heavy atom. The maximum atomic E-state index is 14.0. The average Bonchev–Trinajstić information content (AvgIpc) is 2.99. The first-order valence-corrected chi connectivity index (χ1v) is 8.55. The van der Waals surface area contributed by atoms with E-state index in [1.54, 1.807) is 6.92 Å². The molecule has 0 amide bonds. The van der Waals surface area contributed by atoms with Gasteiger partial charge in [0.2, 0.25) is 0 Å². The minimum absolute atomic E-state index is 0.0501. The molecule has 0 fully saturated rings. The van der Waals surface area contributed by atoms with Gasteiger partial charge in [-0.3, -0.25) is 4.68 Å². The Morgan fingerprint density at radius 3 is 2.59 bits per heavy atom. The van der Waals surface area contributed by atoms with Crippen molar-refractivity contribution in [2.24, 2.45) is 0 Å². The summed E-state index contributed by atoms with van der Waals surface area (Å²) >= 11 is 0. The van der Waals surface area contributed by atoms with Gasteiger partial charge in [0.25, 0.3) is 0 Å². The Kier molecular flexibility index (Phi) is 5.67. The monoisotopic (exact) mass is 410 g/mol. The lowest BCUT2D eigenvalue weighted by molar-refractivity contribution is -0.138. The lowest BCUT2D eigenvalue weighted by Gasteiger charge is -2.08. The van der Waals surface area contributed by atoms with Gasteiger partial charge in [-0.1, -0.05) is 6.07 Å². The second-order valence-electron chi connectivity index (χ2n) is 6.09. The number of hydrogen-bond donors (Lipinski definition) is 0. The lowest BCUT2D eigenvalue weighted by Crippen LogP contribution is -2.07. The number of aromatic nitrogens is 2. The largest absolute Gasteiger partial charge is 0.463 e. The second kappa shape index (κ2) is 8.02. The van der Waals surface area contributed by atoms with E-state index in [2.05, 4.69) is 5.10 Å². The molecule has 0 atom stereocenters. The van der Waals surface area contributed by atoms with Gasteiger partial charge in [0.05, 0.1) is 29.9 Å². The summed E-state index contributed by atoms with van der Waals surface area (Å²) in [6.07, 6.45) is -2.16. The van der Waals surface area contributed by atoms with Crippen molar-refractivity contribution in [1.29, 1.82) is 0 Å². The van der Waals surface area contributed by atoms with Gasteiger partial charge >= 0.3 is 12.1 Å². The molecule has 2 aromatic carbocycles. The Labute approximate surface area is 162 Å². The van der Waals surface area contributed by atoms with E-state index in [4.69, 9.17) is 4.74 Å². The van der Waals surface area contributed by atoms with Crippen molar-refractivity contribution in [3.05, 3.63) is 70.9 Å². The molecule has 0 aliphatic heterocycles. The molecule has 0 N–H and O–H groups in total. The zero-order valence-electron chi connectivity index (χ0n) is 15.1. The maximum absolute atomic E-state index is 14.0. The van der Waals surface area contributed by atoms with E-state index in [0.29, 0.717) is 11.5 Å². The molecule has 0 aliphatic rings. The van der Waals surface area contributed by atoms with Crippen molar-refractivity contribution in [3.63, 3.8) is 0 Å². The van der Waals surface area contributed by atoms with Gasteiger partial charge in [0.1, 0.15) is 11.6 Å². The predicted molar refractivity (Wildman–Crippen MR) is 95.9 cm³/mol. The molecule has 4 nitrogen and oxygen atoms in total. The number of fused-ring (bicyclic) bond motifs is 1. The van der Waals surface area contributed by atoms with Crippen LogP contribution in [0.1, 0.15) is 23.7 Å². The van der Waals surface area contributed by atoms with Crippen molar-refractivity contribution in [2.45, 2.75) is 19.6 Å². The third kappa shape index (κ3) is 4.61. The molecule has 152 valence electrons. The van der Waals surface area contributed by atoms with Gasteiger partial charge in [0, 0.05) is 23.1 Å². The molecule has 0 radical (unpaired) electrons. The fraction of sp³-hybridized carbons (Fsp3) is 0.200. The topological polar surface area (TPSA) is 44.1 Å². The average molecular weight is 410 g/mol. The highest BCUT2D eigenvalue weighted by Crippen LogP contribution is 2.32. The molecule has 3 rings (SSSR count). The van der Waals surface area contributed by atoms with E-state index in [1.807, 2.05) is 0 Å². The molecular weight excluding hydrogens is 395 g/mol. The summed E-state index contributed by atoms with van der Waals surface area (Å²) in [5.41, 5.74) is -0.544. The summed E-state index contributed by atoms with van der Waals surface area (Å²) in [7, 11) is 0. The van der Waals surface area contributed by atoms with Gasteiger partial charge < -0.3 is 4.74 Å². The Hall–Kier alpha value is -3.23. The molecule has 0 bridgehead atoms. The summed E-state index contributed by atoms with van der Waals surface area (Å²) in [5.74, 6) is -2.25. The summed E-state index contributed by atoms with van der Waals surface area (Å²) in [4.78, 5) is 11.5. The summed E-state index contributed by atoms with van der Waals surface area (Å²) in [5, 5.41) is 4.53. The van der Waals surface area contributed by atoms with Gasteiger partial charge in [-0.25, -0.2) is 13.6 Å². The smallest absolute Gasteiger partial charge is 0.416 e. The molecule has 1 heterocycles. The van der Waals surface area contributed by atoms with Crippen LogP contribution in [0.4, 0.5) is 22.0 Å². The highest BCUT2D eigenvalue weighted by Gasteiger charge is 2.31. The Bertz CT molecular complexity index is 1090. The molecular formula is C20H15F5N2O2. The number of nitrogens with zero attached hydrogens (tertiary/aromatic N) is 2. The number of benzene rings is 2. The molecule has 0 unspecified atom stereocenters. The van der Waals surface area contributed by atoms with Crippen LogP contribution in [-0.4, -0.2) is 22.4 Å². The Balaban J connectivity index is 2.09. The van der Waals surface area contributed by atoms with Crippen LogP contribution in [0, 0.1) is 11.6 Å². The van der Waals surface area contributed by atoms with E-state index >= 15 is 0 Å². The van der Waals surface area contributed by atoms with Crippen LogP contribution in [-0.2, 0) is 22.3 Å². The van der Waals surface area contributed by atoms with Gasteiger partial charge in [-0.05, 0) is 37.3 Å². The molecule has 9 heteroatoms. The highest BCUT2D eigenvalue weighted by molar-refractivity contribution is 5.93. The Morgan fingerprint density at radius 1 is 1.17 bits per heavy atom. The van der Waals surface area contributed by atoms with Crippen molar-refractivity contribution in [1.82, 2.24) is 9.78 Å². The number of rotatable bonds is 5. The number of alkyl halides is 3. The highest BCUT2D eigenvalue weighted by atomic mass is 19.4. The third-order valence-electron chi connectivity index (χ3n) is 4.11. The number of hydrogen-bond acceptors (Lipinski definition) is 3. The number of esters is 1. The van der Waals surface area contributed by atoms with Crippen molar-refractivity contribution < 1.29 is 31.5 Å². The second-order valence-corrected chi connectivity index (χ2v) is 6.09. The molecule has 0 saturated carbocycles. The molecule has 29 heavy (non-hydrogen) atoms. The van der Waals surface area contributed by atoms with Crippen molar-refractivity contribution >= 4 is 22.9 Å². The summed E-state index contributed by atoms with van der Waals surface area (Å²) in [6, 6.07) is 5.95. The van der Waals surface area contributed by atoms with Crippen LogP contribution in [0.15, 0.2) is 42.5 Å². The van der Waals surface area contributed by atoms with Gasteiger partial charge in [-0.15, -0.1) is 0 Å². The molecule has 3 aromatic rings. The van der Waals surface area contributed by atoms with Crippen LogP contribution < -0.4 is 0 Å². The molecule has 0 saturated heterocycles. The van der Waals surface area contributed by atoms with Crippen LogP contribution in [0.5, 0.6) is 0 Å². The lowest BCUT2D eigenvalue weighted by atomic mass is 10.1. The predicted octanol–water partition coefficient (Wildman–Crippen LogP) is 4.96. The van der Waals surface area contributed by atoms with E-state index in [-0.39, 0.29) is 29.9 Å². The van der Waals surface area contributed by atoms with Crippen molar-refractivity contribution in [3.8, 4) is 0 Å². The van der Waals surface area contributed by atoms with Crippen LogP contribution in [0.3, 0.4) is 0 Å². The van der Waals surface area contributed by atoms with E-state index in [1.165, 1.54) is 22.9 Å². The standard InChI is InChI=1S/C20H15F5N2O2/c1-2-29-19(28)8-7-17-15-6-4-13(20(23,24)25)9-18(15)27(26-17)11-12-3-5-14(21)10-16(12)22/h3-10H,2,11H2,1H3/b8-7+. The number of ether oxygens (including phenoxy) is 1. The number of halogens is 5. The van der Waals surface area contributed by atoms with E-state index < -0.39 is 29.3 Å². The summed E-state index contributed by atoms with van der Waals surface area (Å²) in [6.45, 7) is 1.57. The third-order valence-corrected chi connectivity index (χ3v) is 4.11. The number of carbonyl (C=O) groups is 1. The first kappa shape index (κ1) is 20.5. The minimum atomic E-state index is -4.58. The van der Waals surface area contributed by atoms with Gasteiger partial charge in [0.15, 0.2) is 0 Å². The van der Waals surface area contributed by atoms with E-state index in [0.717, 1.165) is 24.3 Å². The zero-order valence-corrected chi connectivity index (χ0v) is 15.1. The van der Waals surface area contributed by atoms with Crippen LogP contribution in [0.25, 0.3) is 17.0 Å². The van der Waals surface area contributed by atoms with E-state index in [9.17, 15) is 26.7 Å². The quantitative estimate of drug-likeness (QED) is 0.339. The van der Waals surface area contributed by atoms with Gasteiger partial charge in [-0.2, -0.15) is 18.3 Å². The fourth-order valence-electron chi connectivity index (χ4n) is 2.77.